The van der Waals surface area contributed by atoms with E-state index in [0.29, 0.717) is 6.54 Å². The largest absolute Gasteiger partial charge is 0.479 e. The molecule has 0 fully saturated rings. The van der Waals surface area contributed by atoms with Gasteiger partial charge in [0.1, 0.15) is 0 Å². The topological polar surface area (TPSA) is 98.7 Å². The van der Waals surface area contributed by atoms with Gasteiger partial charge in [-0.05, 0) is 32.1 Å². The third kappa shape index (κ3) is 5.67. The van der Waals surface area contributed by atoms with Crippen LogP contribution >= 0.6 is 0 Å². The van der Waals surface area contributed by atoms with Crippen molar-refractivity contribution >= 4 is 12.0 Å². The number of hydrogen-bond donors (Lipinski definition) is 4. The summed E-state index contributed by atoms with van der Waals surface area (Å²) in [7, 11) is 0. The molecule has 2 amide bonds. The summed E-state index contributed by atoms with van der Waals surface area (Å²) in [5.41, 5.74) is 1.37. The molecular formula is C12H20N2O4. The van der Waals surface area contributed by atoms with E-state index in [0.717, 1.165) is 19.3 Å². The van der Waals surface area contributed by atoms with Crippen molar-refractivity contribution in [2.24, 2.45) is 0 Å². The average Bonchev–Trinajstić information content (AvgIpc) is 2.37. The van der Waals surface area contributed by atoms with Crippen molar-refractivity contribution < 1.29 is 19.8 Å². The first-order chi connectivity index (χ1) is 8.59. The van der Waals surface area contributed by atoms with Crippen molar-refractivity contribution in [2.45, 2.75) is 38.2 Å². The summed E-state index contributed by atoms with van der Waals surface area (Å²) in [6.07, 6.45) is 6.16. The molecule has 0 spiro atoms. The number of rotatable bonds is 6. The molecule has 1 atom stereocenters. The van der Waals surface area contributed by atoms with Crippen LogP contribution in [0.15, 0.2) is 11.6 Å². The van der Waals surface area contributed by atoms with Crippen molar-refractivity contribution in [3.05, 3.63) is 11.6 Å². The average molecular weight is 256 g/mol. The number of urea groups is 1. The minimum absolute atomic E-state index is 0.288. The molecule has 0 aromatic rings. The molecule has 6 heteroatoms. The summed E-state index contributed by atoms with van der Waals surface area (Å²) >= 11 is 0. The second kappa shape index (κ2) is 7.71. The highest BCUT2D eigenvalue weighted by Crippen LogP contribution is 2.19. The molecule has 0 aromatic carbocycles. The molecule has 0 saturated heterocycles. The molecule has 0 unspecified atom stereocenters. The lowest BCUT2D eigenvalue weighted by molar-refractivity contribution is -0.146. The molecule has 18 heavy (non-hydrogen) atoms. The van der Waals surface area contributed by atoms with Crippen LogP contribution in [0.5, 0.6) is 0 Å². The SMILES string of the molecule is O=C(NCCC1=CCCCC1)NC[C@H](O)C(=O)O. The monoisotopic (exact) mass is 256 g/mol. The predicted octanol–water partition coefficient (Wildman–Crippen LogP) is 0.622. The molecule has 4 N–H and O–H groups in total. The molecule has 1 aliphatic carbocycles. The van der Waals surface area contributed by atoms with Gasteiger partial charge in [0.05, 0.1) is 6.54 Å². The van der Waals surface area contributed by atoms with E-state index in [4.69, 9.17) is 10.2 Å². The Bertz CT molecular complexity index is 328. The number of aliphatic hydroxyl groups is 1. The van der Waals surface area contributed by atoms with E-state index in [-0.39, 0.29) is 6.54 Å². The third-order valence-electron chi connectivity index (χ3n) is 2.86. The van der Waals surface area contributed by atoms with Crippen molar-refractivity contribution in [1.82, 2.24) is 10.6 Å². The van der Waals surface area contributed by atoms with Gasteiger partial charge in [-0.25, -0.2) is 9.59 Å². The lowest BCUT2D eigenvalue weighted by Crippen LogP contribution is -2.42. The Morgan fingerprint density at radius 2 is 2.11 bits per heavy atom. The van der Waals surface area contributed by atoms with Crippen molar-refractivity contribution in [3.8, 4) is 0 Å². The van der Waals surface area contributed by atoms with Crippen molar-refractivity contribution in [1.29, 1.82) is 0 Å². The van der Waals surface area contributed by atoms with Crippen molar-refractivity contribution in [2.75, 3.05) is 13.1 Å². The molecule has 0 bridgehead atoms. The van der Waals surface area contributed by atoms with E-state index in [1.165, 1.54) is 18.4 Å². The number of aliphatic carboxylic acids is 1. The number of allylic oxidation sites excluding steroid dienone is 1. The number of carboxylic acid groups (broad SMARTS) is 1. The molecule has 0 radical (unpaired) electrons. The van der Waals surface area contributed by atoms with Crippen LogP contribution in [-0.4, -0.2) is 41.4 Å². The molecule has 102 valence electrons. The fraction of sp³-hybridized carbons (Fsp3) is 0.667. The summed E-state index contributed by atoms with van der Waals surface area (Å²) in [6.45, 7) is 0.241. The van der Waals surface area contributed by atoms with Crippen LogP contribution in [0.2, 0.25) is 0 Å². The van der Waals surface area contributed by atoms with Crippen LogP contribution in [0.3, 0.4) is 0 Å². The van der Waals surface area contributed by atoms with Gasteiger partial charge in [0.2, 0.25) is 0 Å². The van der Waals surface area contributed by atoms with E-state index < -0.39 is 18.1 Å². The lowest BCUT2D eigenvalue weighted by atomic mass is 9.97. The molecular weight excluding hydrogens is 236 g/mol. The van der Waals surface area contributed by atoms with Crippen LogP contribution < -0.4 is 10.6 Å². The molecule has 6 nitrogen and oxygen atoms in total. The zero-order valence-corrected chi connectivity index (χ0v) is 10.3. The van der Waals surface area contributed by atoms with Crippen LogP contribution in [0.4, 0.5) is 4.79 Å². The van der Waals surface area contributed by atoms with Gasteiger partial charge in [0.15, 0.2) is 6.10 Å². The summed E-state index contributed by atoms with van der Waals surface area (Å²) in [5, 5.41) is 22.3. The van der Waals surface area contributed by atoms with Crippen LogP contribution in [0.25, 0.3) is 0 Å². The number of carbonyl (C=O) groups excluding carboxylic acids is 1. The van der Waals surface area contributed by atoms with Crippen LogP contribution in [0, 0.1) is 0 Å². The van der Waals surface area contributed by atoms with E-state index in [2.05, 4.69) is 16.7 Å². The molecule has 1 aliphatic rings. The zero-order valence-electron chi connectivity index (χ0n) is 10.3. The fourth-order valence-electron chi connectivity index (χ4n) is 1.81. The highest BCUT2D eigenvalue weighted by Gasteiger charge is 2.13. The number of carbonyl (C=O) groups is 2. The van der Waals surface area contributed by atoms with Crippen LogP contribution in [0.1, 0.15) is 32.1 Å². The molecule has 1 rings (SSSR count). The maximum absolute atomic E-state index is 11.3. The van der Waals surface area contributed by atoms with Gasteiger partial charge in [0, 0.05) is 6.54 Å². The van der Waals surface area contributed by atoms with Gasteiger partial charge >= 0.3 is 12.0 Å². The smallest absolute Gasteiger partial charge is 0.334 e. The quantitative estimate of drug-likeness (QED) is 0.524. The first kappa shape index (κ1) is 14.5. The lowest BCUT2D eigenvalue weighted by Gasteiger charge is -2.13. The Morgan fingerprint density at radius 1 is 1.33 bits per heavy atom. The van der Waals surface area contributed by atoms with Crippen molar-refractivity contribution in [3.63, 3.8) is 0 Å². The Morgan fingerprint density at radius 3 is 2.72 bits per heavy atom. The summed E-state index contributed by atoms with van der Waals surface area (Å²) in [5.74, 6) is -1.34. The third-order valence-corrected chi connectivity index (χ3v) is 2.86. The predicted molar refractivity (Wildman–Crippen MR) is 66.2 cm³/mol. The van der Waals surface area contributed by atoms with Gasteiger partial charge < -0.3 is 20.8 Å². The van der Waals surface area contributed by atoms with Gasteiger partial charge in [-0.15, -0.1) is 0 Å². The molecule has 0 heterocycles. The van der Waals surface area contributed by atoms with E-state index in [9.17, 15) is 9.59 Å². The fourth-order valence-corrected chi connectivity index (χ4v) is 1.81. The van der Waals surface area contributed by atoms with E-state index in [1.807, 2.05) is 0 Å². The highest BCUT2D eigenvalue weighted by molar-refractivity contribution is 5.76. The number of hydrogen-bond acceptors (Lipinski definition) is 3. The maximum atomic E-state index is 11.3. The van der Waals surface area contributed by atoms with Gasteiger partial charge in [-0.1, -0.05) is 11.6 Å². The second-order valence-corrected chi connectivity index (χ2v) is 4.35. The summed E-state index contributed by atoms with van der Waals surface area (Å²) in [4.78, 5) is 21.6. The Hall–Kier alpha value is -1.56. The minimum Gasteiger partial charge on any atom is -0.479 e. The molecule has 0 saturated carbocycles. The number of amides is 2. The minimum atomic E-state index is -1.56. The normalized spacial score (nSPS) is 16.6. The number of aliphatic hydroxyl groups excluding tert-OH is 1. The van der Waals surface area contributed by atoms with Gasteiger partial charge in [-0.2, -0.15) is 0 Å². The van der Waals surface area contributed by atoms with Gasteiger partial charge in [-0.3, -0.25) is 0 Å². The first-order valence-corrected chi connectivity index (χ1v) is 6.20. The summed E-state index contributed by atoms with van der Waals surface area (Å²) in [6, 6.07) is -0.452. The van der Waals surface area contributed by atoms with Gasteiger partial charge in [0.25, 0.3) is 0 Å². The second-order valence-electron chi connectivity index (χ2n) is 4.35. The standard InChI is InChI=1S/C12H20N2O4/c15-10(11(16)17)8-14-12(18)13-7-6-9-4-2-1-3-5-9/h4,10,15H,1-3,5-8H2,(H,16,17)(H2,13,14,18)/t10-/m0/s1. The Balaban J connectivity index is 2.09. The summed E-state index contributed by atoms with van der Waals surface area (Å²) < 4.78 is 0. The number of carboxylic acids is 1. The van der Waals surface area contributed by atoms with Crippen LogP contribution in [-0.2, 0) is 4.79 Å². The number of nitrogens with one attached hydrogen (secondary N) is 2. The Kier molecular flexibility index (Phi) is 6.21. The highest BCUT2D eigenvalue weighted by atomic mass is 16.4. The molecule has 0 aliphatic heterocycles. The maximum Gasteiger partial charge on any atom is 0.334 e. The zero-order chi connectivity index (χ0) is 13.4. The molecule has 0 aromatic heterocycles. The van der Waals surface area contributed by atoms with E-state index >= 15 is 0 Å². The van der Waals surface area contributed by atoms with E-state index in [1.54, 1.807) is 0 Å². The Labute approximate surface area is 106 Å². The first-order valence-electron chi connectivity index (χ1n) is 6.20.